The zero-order valence-electron chi connectivity index (χ0n) is 7.81. The highest BCUT2D eigenvalue weighted by molar-refractivity contribution is 8.15. The quantitative estimate of drug-likeness (QED) is 0.833. The molecule has 0 amide bonds. The maximum atomic E-state index is 11.5. The minimum absolute atomic E-state index is 0.300. The lowest BCUT2D eigenvalue weighted by atomic mass is 10.2. The summed E-state index contributed by atoms with van der Waals surface area (Å²) in [5, 5.41) is 8.49. The summed E-state index contributed by atoms with van der Waals surface area (Å²) in [5.41, 5.74) is 0.379. The lowest BCUT2D eigenvalue weighted by Gasteiger charge is -2.16. The number of aliphatic carboxylic acids is 1. The largest absolute Gasteiger partial charge is 0.480 e. The van der Waals surface area contributed by atoms with Gasteiger partial charge in [0.1, 0.15) is 11.0 Å². The SMILES string of the molecule is CC(C)(SC(=O)c1ccoc1)C(=O)O. The van der Waals surface area contributed by atoms with E-state index in [1.54, 1.807) is 0 Å². The van der Waals surface area contributed by atoms with Crippen molar-refractivity contribution in [3.63, 3.8) is 0 Å². The van der Waals surface area contributed by atoms with Gasteiger partial charge in [0.25, 0.3) is 0 Å². The van der Waals surface area contributed by atoms with Gasteiger partial charge < -0.3 is 9.52 Å². The topological polar surface area (TPSA) is 67.5 Å². The van der Waals surface area contributed by atoms with Crippen molar-refractivity contribution in [3.8, 4) is 0 Å². The smallest absolute Gasteiger partial charge is 0.319 e. The van der Waals surface area contributed by atoms with Crippen LogP contribution in [0.2, 0.25) is 0 Å². The van der Waals surface area contributed by atoms with Crippen molar-refractivity contribution in [2.24, 2.45) is 0 Å². The highest BCUT2D eigenvalue weighted by Crippen LogP contribution is 2.28. The van der Waals surface area contributed by atoms with Gasteiger partial charge in [-0.05, 0) is 19.9 Å². The van der Waals surface area contributed by atoms with E-state index in [9.17, 15) is 9.59 Å². The van der Waals surface area contributed by atoms with E-state index in [0.717, 1.165) is 11.8 Å². The molecular formula is C9H10O4S. The lowest BCUT2D eigenvalue weighted by Crippen LogP contribution is -2.28. The van der Waals surface area contributed by atoms with Crippen LogP contribution in [0.15, 0.2) is 23.0 Å². The molecule has 0 unspecified atom stereocenters. The van der Waals surface area contributed by atoms with Gasteiger partial charge in [-0.1, -0.05) is 11.8 Å². The van der Waals surface area contributed by atoms with Crippen molar-refractivity contribution in [3.05, 3.63) is 24.2 Å². The first-order chi connectivity index (χ1) is 6.43. The number of rotatable bonds is 3. The molecular weight excluding hydrogens is 204 g/mol. The second kappa shape index (κ2) is 3.88. The molecule has 0 bridgehead atoms. The molecule has 0 fully saturated rings. The van der Waals surface area contributed by atoms with Crippen molar-refractivity contribution in [2.45, 2.75) is 18.6 Å². The number of thioether (sulfide) groups is 1. The Labute approximate surface area is 85.3 Å². The fraction of sp³-hybridized carbons (Fsp3) is 0.333. The van der Waals surface area contributed by atoms with Crippen molar-refractivity contribution in [1.29, 1.82) is 0 Å². The number of carboxylic acid groups (broad SMARTS) is 1. The van der Waals surface area contributed by atoms with Gasteiger partial charge in [-0.25, -0.2) is 0 Å². The van der Waals surface area contributed by atoms with E-state index in [1.165, 1.54) is 32.4 Å². The van der Waals surface area contributed by atoms with Crippen molar-refractivity contribution < 1.29 is 19.1 Å². The molecule has 1 aromatic heterocycles. The molecule has 0 aliphatic heterocycles. The molecule has 0 aliphatic rings. The maximum Gasteiger partial charge on any atom is 0.319 e. The summed E-state index contributed by atoms with van der Waals surface area (Å²) >= 11 is 0.769. The van der Waals surface area contributed by atoms with Crippen LogP contribution in [-0.4, -0.2) is 20.9 Å². The van der Waals surface area contributed by atoms with Crippen LogP contribution in [0.3, 0.4) is 0 Å². The van der Waals surface area contributed by atoms with Crippen LogP contribution in [0.1, 0.15) is 24.2 Å². The fourth-order valence-electron chi connectivity index (χ4n) is 0.715. The third-order valence-electron chi connectivity index (χ3n) is 1.62. The average molecular weight is 214 g/mol. The van der Waals surface area contributed by atoms with Gasteiger partial charge in [0.15, 0.2) is 0 Å². The molecule has 1 rings (SSSR count). The van der Waals surface area contributed by atoms with Crippen LogP contribution in [0.4, 0.5) is 0 Å². The number of hydrogen-bond acceptors (Lipinski definition) is 4. The molecule has 1 N–H and O–H groups in total. The number of carboxylic acids is 1. The van der Waals surface area contributed by atoms with E-state index < -0.39 is 10.7 Å². The Hall–Kier alpha value is -1.23. The minimum Gasteiger partial charge on any atom is -0.480 e. The molecule has 76 valence electrons. The summed E-state index contributed by atoms with van der Waals surface area (Å²) in [4.78, 5) is 22.2. The molecule has 0 radical (unpaired) electrons. The second-order valence-electron chi connectivity index (χ2n) is 3.22. The molecule has 0 saturated carbocycles. The van der Waals surface area contributed by atoms with Crippen LogP contribution in [0, 0.1) is 0 Å². The van der Waals surface area contributed by atoms with Crippen LogP contribution in [0.5, 0.6) is 0 Å². The molecule has 1 heterocycles. The highest BCUT2D eigenvalue weighted by atomic mass is 32.2. The average Bonchev–Trinajstić information content (AvgIpc) is 2.54. The van der Waals surface area contributed by atoms with E-state index in [-0.39, 0.29) is 5.12 Å². The van der Waals surface area contributed by atoms with Crippen LogP contribution >= 0.6 is 11.8 Å². The standard InChI is InChI=1S/C9H10O4S/c1-9(2,8(11)12)14-7(10)6-3-4-13-5-6/h3-5H,1-2H3,(H,11,12). The van der Waals surface area contributed by atoms with Crippen molar-refractivity contribution in [2.75, 3.05) is 0 Å². The van der Waals surface area contributed by atoms with Gasteiger partial charge in [-0.15, -0.1) is 0 Å². The molecule has 0 saturated heterocycles. The zero-order valence-corrected chi connectivity index (χ0v) is 8.63. The predicted octanol–water partition coefficient (Wildman–Crippen LogP) is 2.02. The Kier molecular flexibility index (Phi) is 3.00. The second-order valence-corrected chi connectivity index (χ2v) is 4.81. The van der Waals surface area contributed by atoms with Gasteiger partial charge in [-0.2, -0.15) is 0 Å². The normalized spacial score (nSPS) is 11.3. The minimum atomic E-state index is -1.12. The summed E-state index contributed by atoms with van der Waals surface area (Å²) in [7, 11) is 0. The summed E-state index contributed by atoms with van der Waals surface area (Å²) in [6, 6.07) is 1.51. The number of carbonyl (C=O) groups is 2. The molecule has 0 spiro atoms. The van der Waals surface area contributed by atoms with Crippen LogP contribution < -0.4 is 0 Å². The van der Waals surface area contributed by atoms with Gasteiger partial charge in [0.2, 0.25) is 5.12 Å². The highest BCUT2D eigenvalue weighted by Gasteiger charge is 2.31. The monoisotopic (exact) mass is 214 g/mol. The zero-order chi connectivity index (χ0) is 10.8. The Bertz CT molecular complexity index is 340. The van der Waals surface area contributed by atoms with E-state index >= 15 is 0 Å². The first kappa shape index (κ1) is 10.8. The molecule has 0 aromatic carbocycles. The van der Waals surface area contributed by atoms with E-state index in [1.807, 2.05) is 0 Å². The first-order valence-electron chi connectivity index (χ1n) is 3.92. The fourth-order valence-corrected chi connectivity index (χ4v) is 1.50. The third-order valence-corrected chi connectivity index (χ3v) is 2.73. The Morgan fingerprint density at radius 3 is 2.57 bits per heavy atom. The third kappa shape index (κ3) is 2.38. The number of furan rings is 1. The van der Waals surface area contributed by atoms with Gasteiger partial charge in [0, 0.05) is 0 Å². The summed E-state index contributed by atoms with van der Waals surface area (Å²) in [6.45, 7) is 2.97. The summed E-state index contributed by atoms with van der Waals surface area (Å²) < 4.78 is 3.61. The Morgan fingerprint density at radius 2 is 2.14 bits per heavy atom. The van der Waals surface area contributed by atoms with Gasteiger partial charge in [0.05, 0.1) is 11.8 Å². The Balaban J connectivity index is 2.71. The maximum absolute atomic E-state index is 11.5. The molecule has 0 aliphatic carbocycles. The number of carbonyl (C=O) groups excluding carboxylic acids is 1. The first-order valence-corrected chi connectivity index (χ1v) is 4.74. The van der Waals surface area contributed by atoms with Crippen LogP contribution in [-0.2, 0) is 4.79 Å². The summed E-state index contributed by atoms with van der Waals surface area (Å²) in [5.74, 6) is -1.01. The Morgan fingerprint density at radius 1 is 1.50 bits per heavy atom. The molecule has 1 aromatic rings. The van der Waals surface area contributed by atoms with E-state index in [0.29, 0.717) is 5.56 Å². The molecule has 0 atom stereocenters. The predicted molar refractivity (Wildman–Crippen MR) is 52.3 cm³/mol. The van der Waals surface area contributed by atoms with Gasteiger partial charge >= 0.3 is 5.97 Å². The molecule has 5 heteroatoms. The molecule has 4 nitrogen and oxygen atoms in total. The number of hydrogen-bond donors (Lipinski definition) is 1. The van der Waals surface area contributed by atoms with E-state index in [2.05, 4.69) is 0 Å². The van der Waals surface area contributed by atoms with E-state index in [4.69, 9.17) is 9.52 Å². The van der Waals surface area contributed by atoms with Crippen molar-refractivity contribution >= 4 is 22.8 Å². The van der Waals surface area contributed by atoms with Crippen molar-refractivity contribution in [1.82, 2.24) is 0 Å². The van der Waals surface area contributed by atoms with Crippen LogP contribution in [0.25, 0.3) is 0 Å². The molecule has 14 heavy (non-hydrogen) atoms. The lowest BCUT2D eigenvalue weighted by molar-refractivity contribution is -0.138. The summed E-state index contributed by atoms with van der Waals surface area (Å²) in [6.07, 6.45) is 2.68. The van der Waals surface area contributed by atoms with Gasteiger partial charge in [-0.3, -0.25) is 9.59 Å².